The Kier molecular flexibility index (Phi) is 4.95. The first kappa shape index (κ1) is 18.4. The highest BCUT2D eigenvalue weighted by Gasteiger charge is 2.37. The number of benzene rings is 2. The molecule has 2 aromatic carbocycles. The molecule has 1 aliphatic heterocycles. The van der Waals surface area contributed by atoms with Crippen molar-refractivity contribution in [1.82, 2.24) is 14.9 Å². The quantitative estimate of drug-likeness (QED) is 0.706. The zero-order valence-corrected chi connectivity index (χ0v) is 16.7. The number of nitrogens with one attached hydrogen (secondary N) is 2. The molecule has 1 aromatic heterocycles. The van der Waals surface area contributed by atoms with Crippen LogP contribution in [0.5, 0.6) is 5.75 Å². The predicted octanol–water partition coefficient (Wildman–Crippen LogP) is 3.30. The number of fused-ring (bicyclic) bond motifs is 1. The molecule has 1 amide bonds. The number of amides is 1. The molecule has 4 rings (SSSR count). The van der Waals surface area contributed by atoms with Crippen LogP contribution in [-0.4, -0.2) is 33.1 Å². The van der Waals surface area contributed by atoms with E-state index in [0.29, 0.717) is 5.16 Å². The Morgan fingerprint density at radius 2 is 1.89 bits per heavy atom. The van der Waals surface area contributed by atoms with Crippen LogP contribution in [-0.2, 0) is 4.79 Å². The van der Waals surface area contributed by atoms with Crippen LogP contribution in [0.2, 0.25) is 0 Å². The minimum Gasteiger partial charge on any atom is -0.497 e. The number of para-hydroxylation sites is 1. The summed E-state index contributed by atoms with van der Waals surface area (Å²) in [5.41, 5.74) is 6.21. The molecule has 0 spiro atoms. The highest BCUT2D eigenvalue weighted by atomic mass is 32.2. The Bertz CT molecular complexity index is 1000. The van der Waals surface area contributed by atoms with Crippen LogP contribution in [0, 0.1) is 13.8 Å². The Morgan fingerprint density at radius 1 is 1.14 bits per heavy atom. The summed E-state index contributed by atoms with van der Waals surface area (Å²) in [5, 5.41) is 11.6. The van der Waals surface area contributed by atoms with Gasteiger partial charge >= 0.3 is 0 Å². The van der Waals surface area contributed by atoms with Crippen molar-refractivity contribution in [2.75, 3.05) is 17.9 Å². The minimum atomic E-state index is -0.413. The molecule has 28 heavy (non-hydrogen) atoms. The summed E-state index contributed by atoms with van der Waals surface area (Å²) in [7, 11) is 1.63. The zero-order valence-electron chi connectivity index (χ0n) is 15.8. The molecule has 2 atom stereocenters. The number of thioether (sulfide) groups is 1. The largest absolute Gasteiger partial charge is 0.497 e. The number of nitrogens with zero attached hydrogens (tertiary/aromatic N) is 3. The Morgan fingerprint density at radius 3 is 2.61 bits per heavy atom. The second kappa shape index (κ2) is 7.55. The van der Waals surface area contributed by atoms with E-state index in [9.17, 15) is 4.79 Å². The van der Waals surface area contributed by atoms with E-state index >= 15 is 0 Å². The molecule has 2 heterocycles. The van der Waals surface area contributed by atoms with Gasteiger partial charge in [0.15, 0.2) is 0 Å². The van der Waals surface area contributed by atoms with Gasteiger partial charge in [0.05, 0.1) is 13.2 Å². The summed E-state index contributed by atoms with van der Waals surface area (Å²) in [6.07, 6.45) is 0. The van der Waals surface area contributed by atoms with Crippen LogP contribution in [0.1, 0.15) is 23.0 Å². The summed E-state index contributed by atoms with van der Waals surface area (Å²) in [6.45, 7) is 3.85. The van der Waals surface area contributed by atoms with E-state index in [1.165, 1.54) is 11.8 Å². The summed E-state index contributed by atoms with van der Waals surface area (Å²) in [6, 6.07) is 15.2. The summed E-state index contributed by atoms with van der Waals surface area (Å²) in [5.74, 6) is 1.44. The van der Waals surface area contributed by atoms with Crippen LogP contribution in [0.15, 0.2) is 53.7 Å². The number of carbonyl (C=O) groups is 1. The lowest BCUT2D eigenvalue weighted by Gasteiger charge is -2.33. The second-order valence-corrected chi connectivity index (χ2v) is 7.70. The molecule has 0 radical (unpaired) electrons. The average Bonchev–Trinajstić information content (AvgIpc) is 3.09. The normalized spacial score (nSPS) is 18.1. The fourth-order valence-electron chi connectivity index (χ4n) is 3.14. The van der Waals surface area contributed by atoms with Crippen LogP contribution in [0.25, 0.3) is 0 Å². The number of hydrogen-bond acceptors (Lipinski definition) is 6. The molecule has 0 unspecified atom stereocenters. The smallest absolute Gasteiger partial charge is 0.240 e. The number of ether oxygens (including phenoxy) is 1. The highest BCUT2D eigenvalue weighted by Crippen LogP contribution is 2.38. The Hall–Kier alpha value is -3.00. The second-order valence-electron chi connectivity index (χ2n) is 6.59. The van der Waals surface area contributed by atoms with Crippen molar-refractivity contribution >= 4 is 23.4 Å². The van der Waals surface area contributed by atoms with Gasteiger partial charge in [-0.1, -0.05) is 42.1 Å². The molecule has 3 aromatic rings. The Labute approximate surface area is 167 Å². The van der Waals surface area contributed by atoms with Crippen molar-refractivity contribution in [3.8, 4) is 5.75 Å². The van der Waals surface area contributed by atoms with Crippen LogP contribution < -0.4 is 15.5 Å². The van der Waals surface area contributed by atoms with Gasteiger partial charge in [0.2, 0.25) is 11.1 Å². The molecule has 8 heteroatoms. The van der Waals surface area contributed by atoms with Gasteiger partial charge in [0.1, 0.15) is 16.8 Å². The van der Waals surface area contributed by atoms with E-state index < -0.39 is 5.25 Å². The molecular weight excluding hydrogens is 374 g/mol. The molecule has 0 saturated carbocycles. The first-order valence-electron chi connectivity index (χ1n) is 8.92. The van der Waals surface area contributed by atoms with E-state index in [2.05, 4.69) is 20.9 Å². The number of aromatic nitrogens is 3. The molecular formula is C20H21N5O2S. The van der Waals surface area contributed by atoms with E-state index in [4.69, 9.17) is 4.74 Å². The highest BCUT2D eigenvalue weighted by molar-refractivity contribution is 8.00. The van der Waals surface area contributed by atoms with Crippen molar-refractivity contribution < 1.29 is 9.53 Å². The lowest BCUT2D eigenvalue weighted by atomic mass is 10.0. The zero-order chi connectivity index (χ0) is 19.7. The van der Waals surface area contributed by atoms with Gasteiger partial charge < -0.3 is 15.5 Å². The van der Waals surface area contributed by atoms with Crippen molar-refractivity contribution in [2.24, 2.45) is 0 Å². The van der Waals surface area contributed by atoms with Crippen LogP contribution in [0.3, 0.4) is 0 Å². The van der Waals surface area contributed by atoms with Gasteiger partial charge in [0.25, 0.3) is 0 Å². The molecule has 0 saturated heterocycles. The maximum atomic E-state index is 13.2. The van der Waals surface area contributed by atoms with Crippen molar-refractivity contribution in [2.45, 2.75) is 30.3 Å². The first-order chi connectivity index (χ1) is 13.6. The van der Waals surface area contributed by atoms with Crippen molar-refractivity contribution in [3.63, 3.8) is 0 Å². The monoisotopic (exact) mass is 395 g/mol. The maximum Gasteiger partial charge on any atom is 0.240 e. The lowest BCUT2D eigenvalue weighted by Crippen LogP contribution is -2.41. The number of methoxy groups -OCH3 is 1. The van der Waals surface area contributed by atoms with Gasteiger partial charge in [0, 0.05) is 5.69 Å². The molecule has 2 N–H and O–H groups in total. The van der Waals surface area contributed by atoms with Crippen LogP contribution in [0.4, 0.5) is 5.69 Å². The lowest BCUT2D eigenvalue weighted by molar-refractivity contribution is -0.116. The minimum absolute atomic E-state index is 0.0838. The van der Waals surface area contributed by atoms with E-state index in [1.807, 2.05) is 67.1 Å². The summed E-state index contributed by atoms with van der Waals surface area (Å²) in [4.78, 5) is 13.2. The SMILES string of the molecule is COc1ccc([C@@H]2Nn3c(C)nnc3S[C@@H]2C(=O)Nc2ccccc2C)cc1. The third kappa shape index (κ3) is 3.43. The molecule has 0 bridgehead atoms. The topological polar surface area (TPSA) is 81.1 Å². The fourth-order valence-corrected chi connectivity index (χ4v) is 4.26. The van der Waals surface area contributed by atoms with Gasteiger partial charge in [-0.05, 0) is 43.2 Å². The van der Waals surface area contributed by atoms with Crippen molar-refractivity contribution in [3.05, 3.63) is 65.5 Å². The predicted molar refractivity (Wildman–Crippen MR) is 109 cm³/mol. The van der Waals surface area contributed by atoms with Gasteiger partial charge in [-0.3, -0.25) is 4.79 Å². The van der Waals surface area contributed by atoms with E-state index in [-0.39, 0.29) is 11.9 Å². The number of anilines is 1. The standard InChI is InChI=1S/C20H21N5O2S/c1-12-6-4-5-7-16(12)21-19(26)18-17(14-8-10-15(27-3)11-9-14)24-25-13(2)22-23-20(25)28-18/h4-11,17-18,24H,1-3H3,(H,21,26)/t17-,18-/m0/s1. The average molecular weight is 395 g/mol. The fraction of sp³-hybridized carbons (Fsp3) is 0.250. The molecule has 144 valence electrons. The molecule has 7 nitrogen and oxygen atoms in total. The molecule has 0 fully saturated rings. The first-order valence-corrected chi connectivity index (χ1v) is 9.80. The van der Waals surface area contributed by atoms with Gasteiger partial charge in [-0.2, -0.15) is 0 Å². The summed E-state index contributed by atoms with van der Waals surface area (Å²) < 4.78 is 7.09. The number of aryl methyl sites for hydroxylation is 2. The van der Waals surface area contributed by atoms with Crippen molar-refractivity contribution in [1.29, 1.82) is 0 Å². The maximum absolute atomic E-state index is 13.2. The van der Waals surface area contributed by atoms with Gasteiger partial charge in [-0.25, -0.2) is 4.68 Å². The number of hydrogen-bond donors (Lipinski definition) is 2. The number of rotatable bonds is 4. The summed E-state index contributed by atoms with van der Waals surface area (Å²) >= 11 is 1.41. The number of carbonyl (C=O) groups excluding carboxylic acids is 1. The molecule has 0 aliphatic carbocycles. The van der Waals surface area contributed by atoms with E-state index in [1.54, 1.807) is 7.11 Å². The third-order valence-corrected chi connectivity index (χ3v) is 5.95. The van der Waals surface area contributed by atoms with Gasteiger partial charge in [-0.15, -0.1) is 10.2 Å². The van der Waals surface area contributed by atoms with Crippen LogP contribution >= 0.6 is 11.8 Å². The van der Waals surface area contributed by atoms with E-state index in [0.717, 1.165) is 28.4 Å². The third-order valence-electron chi connectivity index (χ3n) is 4.73. The Balaban J connectivity index is 1.67. The molecule has 1 aliphatic rings.